The molecule has 0 saturated heterocycles. The number of hydrogen-bond donors (Lipinski definition) is 0. The molecule has 0 aliphatic heterocycles. The second-order valence-electron chi connectivity index (χ2n) is 18.4. The fraction of sp³-hybridized carbons (Fsp3) is 0.161. The third kappa shape index (κ3) is 6.90. The monoisotopic (exact) mass is 824 g/mol. The zero-order chi connectivity index (χ0) is 42.6. The average molecular weight is 825 g/mol. The van der Waals surface area contributed by atoms with Gasteiger partial charge >= 0.3 is 0 Å². The molecule has 0 bridgehead atoms. The zero-order valence-electron chi connectivity index (χ0n) is 36.5. The number of fused-ring (bicyclic) bond motifs is 6. The largest absolute Gasteiger partial charge is 0.313 e. The molecule has 3 aliphatic rings. The van der Waals surface area contributed by atoms with Gasteiger partial charge in [0.15, 0.2) is 0 Å². The Hall–Kier alpha value is -7.16. The molecule has 2 aromatic heterocycles. The van der Waals surface area contributed by atoms with E-state index in [-0.39, 0.29) is 0 Å². The van der Waals surface area contributed by atoms with Crippen molar-refractivity contribution < 1.29 is 0 Å². The molecule has 0 fully saturated rings. The molecule has 3 atom stereocenters. The Kier molecular flexibility index (Phi) is 9.74. The van der Waals surface area contributed by atoms with Gasteiger partial charge in [-0.15, -0.1) is 0 Å². The van der Waals surface area contributed by atoms with Gasteiger partial charge in [-0.1, -0.05) is 164 Å². The van der Waals surface area contributed by atoms with E-state index in [0.29, 0.717) is 17.8 Å². The summed E-state index contributed by atoms with van der Waals surface area (Å²) in [5.74, 6) is 1.49. The Morgan fingerprint density at radius 1 is 0.531 bits per heavy atom. The predicted molar refractivity (Wildman–Crippen MR) is 272 cm³/mol. The van der Waals surface area contributed by atoms with E-state index >= 15 is 0 Å². The molecule has 3 aliphatic carbocycles. The van der Waals surface area contributed by atoms with Crippen molar-refractivity contribution in [3.63, 3.8) is 0 Å². The zero-order valence-corrected chi connectivity index (χ0v) is 36.5. The minimum Gasteiger partial charge on any atom is -0.313 e. The lowest BCUT2D eigenvalue weighted by molar-refractivity contribution is 0.503. The van der Waals surface area contributed by atoms with Crippen LogP contribution in [0.25, 0.3) is 83.5 Å². The fourth-order valence-electron chi connectivity index (χ4n) is 11.1. The molecule has 2 heterocycles. The third-order valence-corrected chi connectivity index (χ3v) is 14.5. The summed E-state index contributed by atoms with van der Waals surface area (Å²) in [5, 5.41) is 3.92. The maximum atomic E-state index is 2.60. The minimum absolute atomic E-state index is 0.398. The molecule has 3 unspecified atom stereocenters. The van der Waals surface area contributed by atoms with Crippen LogP contribution in [0.15, 0.2) is 206 Å². The highest BCUT2D eigenvalue weighted by Crippen LogP contribution is 2.43. The molecule has 0 radical (unpaired) electrons. The van der Waals surface area contributed by atoms with Crippen molar-refractivity contribution >= 4 is 44.5 Å². The Bertz CT molecular complexity index is 3220. The average Bonchev–Trinajstić information content (AvgIpc) is 3.87. The van der Waals surface area contributed by atoms with Crippen molar-refractivity contribution in [2.75, 3.05) is 0 Å². The van der Waals surface area contributed by atoms with Gasteiger partial charge in [-0.05, 0) is 150 Å². The van der Waals surface area contributed by atoms with Crippen LogP contribution in [0.4, 0.5) is 0 Å². The summed E-state index contributed by atoms with van der Waals surface area (Å²) < 4.78 is 5.05. The second-order valence-corrected chi connectivity index (χ2v) is 18.4. The molecule has 9 aromatic rings. The van der Waals surface area contributed by atoms with Crippen molar-refractivity contribution in [1.29, 1.82) is 0 Å². The summed E-state index contributed by atoms with van der Waals surface area (Å²) in [5.41, 5.74) is 19.7. The molecule has 310 valence electrons. The number of allylic oxidation sites excluding steroid dienone is 7. The lowest BCUT2D eigenvalue weighted by atomic mass is 9.81. The molecule has 0 N–H and O–H groups in total. The summed E-state index contributed by atoms with van der Waals surface area (Å²) in [7, 11) is 0. The van der Waals surface area contributed by atoms with E-state index in [9.17, 15) is 0 Å². The van der Waals surface area contributed by atoms with Crippen molar-refractivity contribution in [2.24, 2.45) is 17.8 Å². The van der Waals surface area contributed by atoms with Crippen LogP contribution in [0.5, 0.6) is 0 Å². The van der Waals surface area contributed by atoms with Gasteiger partial charge in [-0.25, -0.2) is 0 Å². The molecule has 0 saturated carbocycles. The molecule has 7 aromatic carbocycles. The summed E-state index contributed by atoms with van der Waals surface area (Å²) in [4.78, 5) is 0. The van der Waals surface area contributed by atoms with Gasteiger partial charge in [0.2, 0.25) is 0 Å². The molecular weight excluding hydrogens is 773 g/mol. The quantitative estimate of drug-likeness (QED) is 0.135. The highest BCUT2D eigenvalue weighted by atomic mass is 15.0. The van der Waals surface area contributed by atoms with Crippen LogP contribution in [0.1, 0.15) is 49.4 Å². The SMILES string of the molecule is CC1C=C(n2c3c(c4cc(-c5ccccc5)ccc42)C=C(C2CC=CCC2)CC3)C=CC1Cc1ccc(-n2c3ccc(-c4ccccc4)cc3c3cc(-c4ccccc4)ccc32)cc1. The molecular formula is C62H52N2. The third-order valence-electron chi connectivity index (χ3n) is 14.5. The van der Waals surface area contributed by atoms with Gasteiger partial charge in [-0.2, -0.15) is 0 Å². The number of hydrogen-bond acceptors (Lipinski definition) is 0. The first-order chi connectivity index (χ1) is 31.6. The standard InChI is InChI=1S/C62H52N2/c1-42-36-54(64-61-34-27-51(46-18-10-4-11-19-46)40-57(61)58-41-52(28-35-62(58)64)47-20-12-5-13-21-47)31-24-48(42)37-43-22-29-53(30-23-43)63-59-32-25-49(44-14-6-2-7-15-44)38-55(59)56-39-50(26-33-60(56)63)45-16-8-3-9-17-45/h2-12,14-19,22-27,29-34,36,38-42,47-48H,13,20-21,28,35,37H2,1H3. The number of benzene rings is 7. The van der Waals surface area contributed by atoms with E-state index in [4.69, 9.17) is 0 Å². The van der Waals surface area contributed by atoms with E-state index in [1.54, 1.807) is 5.57 Å². The summed E-state index contributed by atoms with van der Waals surface area (Å²) in [6.07, 6.45) is 21.7. The number of aromatic nitrogens is 2. The van der Waals surface area contributed by atoms with Crippen molar-refractivity contribution in [2.45, 2.75) is 45.4 Å². The molecule has 0 spiro atoms. The smallest absolute Gasteiger partial charge is 0.0541 e. The molecule has 2 heteroatoms. The second kappa shape index (κ2) is 16.2. The van der Waals surface area contributed by atoms with E-state index in [1.807, 2.05) is 0 Å². The normalized spacial score (nSPS) is 18.4. The van der Waals surface area contributed by atoms with Crippen LogP contribution in [-0.4, -0.2) is 9.13 Å². The van der Waals surface area contributed by atoms with E-state index in [2.05, 4.69) is 222 Å². The summed E-state index contributed by atoms with van der Waals surface area (Å²) in [6, 6.07) is 62.8. The highest BCUT2D eigenvalue weighted by Gasteiger charge is 2.27. The lowest BCUT2D eigenvalue weighted by Crippen LogP contribution is -2.17. The minimum atomic E-state index is 0.398. The van der Waals surface area contributed by atoms with E-state index < -0.39 is 0 Å². The van der Waals surface area contributed by atoms with Gasteiger partial charge in [0.05, 0.1) is 16.6 Å². The molecule has 2 nitrogen and oxygen atoms in total. The van der Waals surface area contributed by atoms with Gasteiger partial charge in [0.1, 0.15) is 0 Å². The first-order valence-corrected chi connectivity index (χ1v) is 23.4. The van der Waals surface area contributed by atoms with Crippen LogP contribution < -0.4 is 0 Å². The van der Waals surface area contributed by atoms with Crippen LogP contribution >= 0.6 is 0 Å². The number of rotatable bonds is 8. The van der Waals surface area contributed by atoms with Crippen LogP contribution in [-0.2, 0) is 12.8 Å². The summed E-state index contributed by atoms with van der Waals surface area (Å²) >= 11 is 0. The van der Waals surface area contributed by atoms with Crippen molar-refractivity contribution in [1.82, 2.24) is 9.13 Å². The Balaban J connectivity index is 0.855. The van der Waals surface area contributed by atoms with Gasteiger partial charge in [-0.3, -0.25) is 0 Å². The van der Waals surface area contributed by atoms with E-state index in [0.717, 1.165) is 19.3 Å². The van der Waals surface area contributed by atoms with E-state index in [1.165, 1.54) is 114 Å². The Morgan fingerprint density at radius 2 is 1.09 bits per heavy atom. The topological polar surface area (TPSA) is 9.86 Å². The van der Waals surface area contributed by atoms with Crippen LogP contribution in [0.3, 0.4) is 0 Å². The summed E-state index contributed by atoms with van der Waals surface area (Å²) in [6.45, 7) is 2.41. The predicted octanol–water partition coefficient (Wildman–Crippen LogP) is 16.3. The number of nitrogens with zero attached hydrogens (tertiary/aromatic N) is 2. The molecule has 64 heavy (non-hydrogen) atoms. The van der Waals surface area contributed by atoms with Crippen LogP contribution in [0.2, 0.25) is 0 Å². The highest BCUT2D eigenvalue weighted by molar-refractivity contribution is 6.11. The molecule has 12 rings (SSSR count). The van der Waals surface area contributed by atoms with Gasteiger partial charge in [0.25, 0.3) is 0 Å². The molecule has 0 amide bonds. The van der Waals surface area contributed by atoms with Crippen LogP contribution in [0, 0.1) is 17.8 Å². The Labute approximate surface area is 376 Å². The first kappa shape index (κ1) is 38.5. The van der Waals surface area contributed by atoms with Crippen molar-refractivity contribution in [3.8, 4) is 39.1 Å². The first-order valence-electron chi connectivity index (χ1n) is 23.4. The maximum absolute atomic E-state index is 2.60. The van der Waals surface area contributed by atoms with Crippen molar-refractivity contribution in [3.05, 3.63) is 223 Å². The Morgan fingerprint density at radius 3 is 1.64 bits per heavy atom. The van der Waals surface area contributed by atoms with Gasteiger partial charge < -0.3 is 9.13 Å². The maximum Gasteiger partial charge on any atom is 0.0541 e. The fourth-order valence-corrected chi connectivity index (χ4v) is 11.1. The lowest BCUT2D eigenvalue weighted by Gasteiger charge is -2.27. The van der Waals surface area contributed by atoms with Gasteiger partial charge in [0, 0.05) is 38.8 Å².